The highest BCUT2D eigenvalue weighted by atomic mass is 16.5. The van der Waals surface area contributed by atoms with Crippen LogP contribution in [0.4, 0.5) is 5.69 Å². The van der Waals surface area contributed by atoms with Crippen molar-refractivity contribution in [2.75, 3.05) is 24.6 Å². The zero-order valence-electron chi connectivity index (χ0n) is 12.0. The van der Waals surface area contributed by atoms with Gasteiger partial charge in [-0.15, -0.1) is 0 Å². The summed E-state index contributed by atoms with van der Waals surface area (Å²) in [4.78, 5) is 6.80. The monoisotopic (exact) mass is 263 g/mol. The maximum absolute atomic E-state index is 5.86. The Morgan fingerprint density at radius 2 is 2.37 bits per heavy atom. The Bertz CT molecular complexity index is 377. The first-order valence-corrected chi connectivity index (χ1v) is 7.28. The van der Waals surface area contributed by atoms with Crippen LogP contribution in [0.25, 0.3) is 0 Å². The van der Waals surface area contributed by atoms with Gasteiger partial charge in [-0.2, -0.15) is 0 Å². The van der Waals surface area contributed by atoms with Crippen molar-refractivity contribution in [1.82, 2.24) is 4.98 Å². The average Bonchev–Trinajstić information content (AvgIpc) is 2.45. The molecule has 19 heavy (non-hydrogen) atoms. The molecule has 1 aliphatic rings. The Kier molecular flexibility index (Phi) is 5.16. The van der Waals surface area contributed by atoms with Crippen LogP contribution in [0, 0.1) is 0 Å². The van der Waals surface area contributed by atoms with Crippen molar-refractivity contribution in [3.63, 3.8) is 0 Å². The van der Waals surface area contributed by atoms with Gasteiger partial charge in [-0.05, 0) is 38.3 Å². The van der Waals surface area contributed by atoms with E-state index in [0.717, 1.165) is 31.8 Å². The molecular formula is C15H25N3O. The van der Waals surface area contributed by atoms with Crippen molar-refractivity contribution in [2.45, 2.75) is 45.3 Å². The SMILES string of the molecule is CCCOC1CCCN(c2ccc(C(C)N)nc2)C1. The fourth-order valence-electron chi connectivity index (χ4n) is 2.45. The summed E-state index contributed by atoms with van der Waals surface area (Å²) in [7, 11) is 0. The first-order valence-electron chi connectivity index (χ1n) is 7.28. The predicted octanol–water partition coefficient (Wildman–Crippen LogP) is 2.50. The van der Waals surface area contributed by atoms with E-state index in [0.29, 0.717) is 6.10 Å². The lowest BCUT2D eigenvalue weighted by atomic mass is 10.1. The second-order valence-corrected chi connectivity index (χ2v) is 5.31. The Labute approximate surface area is 116 Å². The van der Waals surface area contributed by atoms with Gasteiger partial charge >= 0.3 is 0 Å². The molecule has 0 aliphatic carbocycles. The Morgan fingerprint density at radius 1 is 1.53 bits per heavy atom. The molecule has 2 atom stereocenters. The minimum absolute atomic E-state index is 0.00366. The maximum Gasteiger partial charge on any atom is 0.0750 e. The average molecular weight is 263 g/mol. The van der Waals surface area contributed by atoms with Crippen LogP contribution >= 0.6 is 0 Å². The lowest BCUT2D eigenvalue weighted by Gasteiger charge is -2.34. The number of hydrogen-bond acceptors (Lipinski definition) is 4. The van der Waals surface area contributed by atoms with Gasteiger partial charge in [0, 0.05) is 25.7 Å². The molecule has 1 fully saturated rings. The minimum atomic E-state index is -0.00366. The van der Waals surface area contributed by atoms with Crippen molar-refractivity contribution >= 4 is 5.69 Å². The molecule has 4 heteroatoms. The van der Waals surface area contributed by atoms with Crippen LogP contribution in [0.5, 0.6) is 0 Å². The standard InChI is InChI=1S/C15H25N3O/c1-3-9-19-14-5-4-8-18(11-14)13-6-7-15(12(2)16)17-10-13/h6-7,10,12,14H,3-5,8-9,11,16H2,1-2H3. The molecular weight excluding hydrogens is 238 g/mol. The van der Waals surface area contributed by atoms with Gasteiger partial charge in [-0.3, -0.25) is 4.98 Å². The van der Waals surface area contributed by atoms with E-state index >= 15 is 0 Å². The van der Waals surface area contributed by atoms with E-state index in [1.165, 1.54) is 18.5 Å². The van der Waals surface area contributed by atoms with Crippen LogP contribution in [-0.2, 0) is 4.74 Å². The molecule has 1 aromatic rings. The van der Waals surface area contributed by atoms with Gasteiger partial charge < -0.3 is 15.4 Å². The van der Waals surface area contributed by atoms with Crippen molar-refractivity contribution in [3.8, 4) is 0 Å². The van der Waals surface area contributed by atoms with Gasteiger partial charge in [0.05, 0.1) is 23.7 Å². The predicted molar refractivity (Wildman–Crippen MR) is 78.3 cm³/mol. The fraction of sp³-hybridized carbons (Fsp3) is 0.667. The van der Waals surface area contributed by atoms with Gasteiger partial charge in [-0.1, -0.05) is 6.92 Å². The molecule has 0 aromatic carbocycles. The molecule has 4 nitrogen and oxygen atoms in total. The lowest BCUT2D eigenvalue weighted by molar-refractivity contribution is 0.0440. The molecule has 106 valence electrons. The number of pyridine rings is 1. The molecule has 0 saturated carbocycles. The molecule has 0 spiro atoms. The first-order chi connectivity index (χ1) is 9.20. The molecule has 2 unspecified atom stereocenters. The maximum atomic E-state index is 5.86. The third-order valence-electron chi connectivity index (χ3n) is 3.54. The molecule has 0 bridgehead atoms. The smallest absolute Gasteiger partial charge is 0.0750 e. The van der Waals surface area contributed by atoms with Crippen LogP contribution in [0.2, 0.25) is 0 Å². The van der Waals surface area contributed by atoms with Crippen molar-refractivity contribution in [3.05, 3.63) is 24.0 Å². The van der Waals surface area contributed by atoms with Crippen molar-refractivity contribution in [1.29, 1.82) is 0 Å². The van der Waals surface area contributed by atoms with E-state index in [1.54, 1.807) is 0 Å². The summed E-state index contributed by atoms with van der Waals surface area (Å²) in [6.45, 7) is 7.03. The normalized spacial score (nSPS) is 21.4. The van der Waals surface area contributed by atoms with Gasteiger partial charge in [0.1, 0.15) is 0 Å². The molecule has 2 rings (SSSR count). The summed E-state index contributed by atoms with van der Waals surface area (Å²) in [6, 6.07) is 4.14. The number of hydrogen-bond donors (Lipinski definition) is 1. The molecule has 2 heterocycles. The largest absolute Gasteiger partial charge is 0.376 e. The zero-order chi connectivity index (χ0) is 13.7. The van der Waals surface area contributed by atoms with Gasteiger partial charge in [0.2, 0.25) is 0 Å². The van der Waals surface area contributed by atoms with Gasteiger partial charge in [-0.25, -0.2) is 0 Å². The van der Waals surface area contributed by atoms with Gasteiger partial charge in [0.15, 0.2) is 0 Å². The summed E-state index contributed by atoms with van der Waals surface area (Å²) in [6.07, 6.45) is 5.73. The Morgan fingerprint density at radius 3 is 3.00 bits per heavy atom. The van der Waals surface area contributed by atoms with Crippen LogP contribution in [0.3, 0.4) is 0 Å². The van der Waals surface area contributed by atoms with Crippen LogP contribution < -0.4 is 10.6 Å². The van der Waals surface area contributed by atoms with E-state index in [2.05, 4.69) is 22.9 Å². The highest BCUT2D eigenvalue weighted by molar-refractivity contribution is 5.45. The number of rotatable bonds is 5. The van der Waals surface area contributed by atoms with Crippen molar-refractivity contribution < 1.29 is 4.74 Å². The second kappa shape index (κ2) is 6.87. The van der Waals surface area contributed by atoms with E-state index in [1.807, 2.05) is 19.2 Å². The third-order valence-corrected chi connectivity index (χ3v) is 3.54. The molecule has 1 aromatic heterocycles. The fourth-order valence-corrected chi connectivity index (χ4v) is 2.45. The molecule has 2 N–H and O–H groups in total. The third kappa shape index (κ3) is 3.91. The van der Waals surface area contributed by atoms with Crippen LogP contribution in [0.15, 0.2) is 18.3 Å². The lowest BCUT2D eigenvalue weighted by Crippen LogP contribution is -2.39. The Balaban J connectivity index is 1.96. The number of nitrogens with two attached hydrogens (primary N) is 1. The number of aromatic nitrogens is 1. The number of piperidine rings is 1. The summed E-state index contributed by atoms with van der Waals surface area (Å²) in [5.41, 5.74) is 7.94. The van der Waals surface area contributed by atoms with Crippen molar-refractivity contribution in [2.24, 2.45) is 5.73 Å². The van der Waals surface area contributed by atoms with E-state index < -0.39 is 0 Å². The highest BCUT2D eigenvalue weighted by Gasteiger charge is 2.20. The number of anilines is 1. The second-order valence-electron chi connectivity index (χ2n) is 5.31. The van der Waals surface area contributed by atoms with E-state index in [-0.39, 0.29) is 6.04 Å². The first kappa shape index (κ1) is 14.3. The molecule has 0 radical (unpaired) electrons. The molecule has 1 saturated heterocycles. The number of nitrogens with zero attached hydrogens (tertiary/aromatic N) is 2. The highest BCUT2D eigenvalue weighted by Crippen LogP contribution is 2.21. The summed E-state index contributed by atoms with van der Waals surface area (Å²) in [5, 5.41) is 0. The topological polar surface area (TPSA) is 51.4 Å². The van der Waals surface area contributed by atoms with E-state index in [4.69, 9.17) is 10.5 Å². The quantitative estimate of drug-likeness (QED) is 0.887. The summed E-state index contributed by atoms with van der Waals surface area (Å²) < 4.78 is 5.86. The van der Waals surface area contributed by atoms with Crippen LogP contribution in [0.1, 0.15) is 44.8 Å². The summed E-state index contributed by atoms with van der Waals surface area (Å²) >= 11 is 0. The number of ether oxygens (including phenoxy) is 1. The summed E-state index contributed by atoms with van der Waals surface area (Å²) in [5.74, 6) is 0. The van der Waals surface area contributed by atoms with E-state index in [9.17, 15) is 0 Å². The van der Waals surface area contributed by atoms with Crippen LogP contribution in [-0.4, -0.2) is 30.8 Å². The molecule has 0 amide bonds. The van der Waals surface area contributed by atoms with Gasteiger partial charge in [0.25, 0.3) is 0 Å². The molecule has 1 aliphatic heterocycles. The minimum Gasteiger partial charge on any atom is -0.376 e. The zero-order valence-corrected chi connectivity index (χ0v) is 12.0. The Hall–Kier alpha value is -1.13.